The molecule has 3 heteroatoms. The van der Waals surface area contributed by atoms with Crippen molar-refractivity contribution in [2.75, 3.05) is 19.6 Å². The van der Waals surface area contributed by atoms with Gasteiger partial charge in [0.25, 0.3) is 0 Å². The Kier molecular flexibility index (Phi) is 2.52. The first kappa shape index (κ1) is 8.97. The number of rotatable bonds is 1. The predicted octanol–water partition coefficient (Wildman–Crippen LogP) is -0.0251. The van der Waals surface area contributed by atoms with E-state index in [4.69, 9.17) is 5.73 Å². The van der Waals surface area contributed by atoms with Crippen molar-refractivity contribution in [1.82, 2.24) is 10.2 Å². The Labute approximate surface area is 68.9 Å². The molecule has 0 radical (unpaired) electrons. The SMILES string of the molecule is CCN1CCNC(C)C1(C)N. The monoisotopic (exact) mass is 157 g/mol. The van der Waals surface area contributed by atoms with Gasteiger partial charge in [-0.2, -0.15) is 0 Å². The van der Waals surface area contributed by atoms with E-state index in [1.807, 2.05) is 0 Å². The fourth-order valence-corrected chi connectivity index (χ4v) is 1.64. The van der Waals surface area contributed by atoms with E-state index in [1.165, 1.54) is 0 Å². The molecule has 66 valence electrons. The van der Waals surface area contributed by atoms with Crippen molar-refractivity contribution in [2.45, 2.75) is 32.5 Å². The van der Waals surface area contributed by atoms with Gasteiger partial charge >= 0.3 is 0 Å². The van der Waals surface area contributed by atoms with Gasteiger partial charge in [0.1, 0.15) is 0 Å². The lowest BCUT2D eigenvalue weighted by molar-refractivity contribution is 0.0503. The van der Waals surface area contributed by atoms with Crippen LogP contribution in [0.5, 0.6) is 0 Å². The highest BCUT2D eigenvalue weighted by atomic mass is 15.3. The maximum Gasteiger partial charge on any atom is 0.0813 e. The number of hydrogen-bond acceptors (Lipinski definition) is 3. The zero-order valence-electron chi connectivity index (χ0n) is 7.72. The molecule has 0 amide bonds. The van der Waals surface area contributed by atoms with Gasteiger partial charge in [-0.15, -0.1) is 0 Å². The molecule has 0 aromatic rings. The summed E-state index contributed by atoms with van der Waals surface area (Å²) < 4.78 is 0. The van der Waals surface area contributed by atoms with Crippen molar-refractivity contribution in [1.29, 1.82) is 0 Å². The molecule has 3 N–H and O–H groups in total. The molecule has 1 saturated heterocycles. The Hall–Kier alpha value is -0.120. The van der Waals surface area contributed by atoms with Crippen molar-refractivity contribution in [3.63, 3.8) is 0 Å². The van der Waals surface area contributed by atoms with Gasteiger partial charge < -0.3 is 11.1 Å². The third-order valence-electron chi connectivity index (χ3n) is 2.77. The van der Waals surface area contributed by atoms with E-state index in [0.717, 1.165) is 19.6 Å². The van der Waals surface area contributed by atoms with Crippen LogP contribution in [-0.4, -0.2) is 36.2 Å². The van der Waals surface area contributed by atoms with E-state index >= 15 is 0 Å². The van der Waals surface area contributed by atoms with Crippen molar-refractivity contribution in [3.05, 3.63) is 0 Å². The Morgan fingerprint density at radius 3 is 2.82 bits per heavy atom. The normalized spacial score (nSPS) is 40.9. The lowest BCUT2D eigenvalue weighted by Crippen LogP contribution is -2.69. The van der Waals surface area contributed by atoms with Crippen molar-refractivity contribution >= 4 is 0 Å². The molecule has 0 aromatic carbocycles. The van der Waals surface area contributed by atoms with Crippen LogP contribution in [0.2, 0.25) is 0 Å². The molecule has 1 aliphatic heterocycles. The van der Waals surface area contributed by atoms with E-state index in [1.54, 1.807) is 0 Å². The van der Waals surface area contributed by atoms with Crippen LogP contribution in [0.1, 0.15) is 20.8 Å². The van der Waals surface area contributed by atoms with Crippen LogP contribution >= 0.6 is 0 Å². The third-order valence-corrected chi connectivity index (χ3v) is 2.77. The van der Waals surface area contributed by atoms with Gasteiger partial charge in [-0.1, -0.05) is 6.92 Å². The van der Waals surface area contributed by atoms with Gasteiger partial charge in [-0.05, 0) is 20.4 Å². The minimum absolute atomic E-state index is 0.174. The highest BCUT2D eigenvalue weighted by Crippen LogP contribution is 2.15. The number of nitrogens with one attached hydrogen (secondary N) is 1. The molecule has 0 saturated carbocycles. The van der Waals surface area contributed by atoms with Crippen molar-refractivity contribution in [3.8, 4) is 0 Å². The van der Waals surface area contributed by atoms with Crippen LogP contribution < -0.4 is 11.1 Å². The molecule has 1 aliphatic rings. The minimum atomic E-state index is -0.174. The van der Waals surface area contributed by atoms with Crippen molar-refractivity contribution < 1.29 is 0 Å². The molecular weight excluding hydrogens is 138 g/mol. The van der Waals surface area contributed by atoms with Gasteiger partial charge in [0.05, 0.1) is 5.66 Å². The zero-order valence-corrected chi connectivity index (χ0v) is 7.72. The average molecular weight is 157 g/mol. The first-order valence-corrected chi connectivity index (χ1v) is 4.36. The van der Waals surface area contributed by atoms with Gasteiger partial charge in [0.2, 0.25) is 0 Å². The topological polar surface area (TPSA) is 41.3 Å². The van der Waals surface area contributed by atoms with Gasteiger partial charge in [0.15, 0.2) is 0 Å². The molecule has 2 unspecified atom stereocenters. The summed E-state index contributed by atoms with van der Waals surface area (Å²) in [6.45, 7) is 9.55. The van der Waals surface area contributed by atoms with Crippen LogP contribution in [-0.2, 0) is 0 Å². The first-order chi connectivity index (χ1) is 5.09. The smallest absolute Gasteiger partial charge is 0.0813 e. The summed E-state index contributed by atoms with van der Waals surface area (Å²) in [4.78, 5) is 2.31. The highest BCUT2D eigenvalue weighted by molar-refractivity contribution is 4.93. The number of nitrogens with zero attached hydrogens (tertiary/aromatic N) is 1. The summed E-state index contributed by atoms with van der Waals surface area (Å²) in [6, 6.07) is 0.385. The van der Waals surface area contributed by atoms with Crippen LogP contribution in [0.25, 0.3) is 0 Å². The minimum Gasteiger partial charge on any atom is -0.312 e. The molecule has 3 nitrogen and oxygen atoms in total. The number of hydrogen-bond donors (Lipinski definition) is 2. The molecule has 0 spiro atoms. The summed E-state index contributed by atoms with van der Waals surface area (Å²) in [5, 5.41) is 3.37. The number of likely N-dealkylation sites (N-methyl/N-ethyl adjacent to an activating group) is 1. The number of piperazine rings is 1. The van der Waals surface area contributed by atoms with E-state index < -0.39 is 0 Å². The highest BCUT2D eigenvalue weighted by Gasteiger charge is 2.34. The molecule has 1 fully saturated rings. The fraction of sp³-hybridized carbons (Fsp3) is 1.00. The number of nitrogens with two attached hydrogens (primary N) is 1. The molecule has 0 bridgehead atoms. The molecule has 0 aromatic heterocycles. The molecule has 1 heterocycles. The van der Waals surface area contributed by atoms with Crippen LogP contribution in [0.4, 0.5) is 0 Å². The largest absolute Gasteiger partial charge is 0.312 e. The van der Waals surface area contributed by atoms with Crippen LogP contribution in [0.15, 0.2) is 0 Å². The van der Waals surface area contributed by atoms with Crippen LogP contribution in [0.3, 0.4) is 0 Å². The Morgan fingerprint density at radius 2 is 2.36 bits per heavy atom. The lowest BCUT2D eigenvalue weighted by Gasteiger charge is -2.46. The summed E-state index contributed by atoms with van der Waals surface area (Å²) in [5.74, 6) is 0. The molecule has 11 heavy (non-hydrogen) atoms. The Morgan fingerprint density at radius 1 is 1.73 bits per heavy atom. The van der Waals surface area contributed by atoms with Gasteiger partial charge in [0, 0.05) is 19.1 Å². The van der Waals surface area contributed by atoms with E-state index in [2.05, 4.69) is 31.0 Å². The van der Waals surface area contributed by atoms with E-state index in [0.29, 0.717) is 6.04 Å². The molecular formula is C8H19N3. The Bertz CT molecular complexity index is 133. The second-order valence-corrected chi connectivity index (χ2v) is 3.48. The maximum atomic E-state index is 6.14. The van der Waals surface area contributed by atoms with Crippen molar-refractivity contribution in [2.24, 2.45) is 5.73 Å². The zero-order chi connectivity index (χ0) is 8.48. The second-order valence-electron chi connectivity index (χ2n) is 3.48. The third kappa shape index (κ3) is 1.55. The first-order valence-electron chi connectivity index (χ1n) is 4.36. The fourth-order valence-electron chi connectivity index (χ4n) is 1.64. The lowest BCUT2D eigenvalue weighted by atomic mass is 10.0. The van der Waals surface area contributed by atoms with E-state index in [9.17, 15) is 0 Å². The molecule has 1 rings (SSSR count). The predicted molar refractivity (Wildman–Crippen MR) is 47.3 cm³/mol. The quantitative estimate of drug-likeness (QED) is 0.562. The standard InChI is InChI=1S/C8H19N3/c1-4-11-6-5-10-7(2)8(11,3)9/h7,10H,4-6,9H2,1-3H3. The summed E-state index contributed by atoms with van der Waals surface area (Å²) in [5.41, 5.74) is 5.97. The average Bonchev–Trinajstić information content (AvgIpc) is 1.95. The van der Waals surface area contributed by atoms with Crippen LogP contribution in [0, 0.1) is 0 Å². The second kappa shape index (κ2) is 3.09. The Balaban J connectivity index is 2.64. The summed E-state index contributed by atoms with van der Waals surface area (Å²) >= 11 is 0. The summed E-state index contributed by atoms with van der Waals surface area (Å²) in [6.07, 6.45) is 0. The maximum absolute atomic E-state index is 6.14. The van der Waals surface area contributed by atoms with Gasteiger partial charge in [-0.3, -0.25) is 4.90 Å². The van der Waals surface area contributed by atoms with E-state index in [-0.39, 0.29) is 5.66 Å². The molecule has 0 aliphatic carbocycles. The van der Waals surface area contributed by atoms with Gasteiger partial charge in [-0.25, -0.2) is 0 Å². The summed E-state index contributed by atoms with van der Waals surface area (Å²) in [7, 11) is 0. The molecule has 2 atom stereocenters.